The molecule has 1 aromatic rings. The van der Waals surface area contributed by atoms with Crippen LogP contribution in [0.2, 0.25) is 0 Å². The van der Waals surface area contributed by atoms with E-state index in [-0.39, 0.29) is 12.5 Å². The zero-order valence-corrected chi connectivity index (χ0v) is 14.4. The Morgan fingerprint density at radius 3 is 2.78 bits per heavy atom. The number of aliphatic imine (C=N–C) groups is 1. The van der Waals surface area contributed by atoms with Gasteiger partial charge in [-0.2, -0.15) is 0 Å². The van der Waals surface area contributed by atoms with E-state index in [4.69, 9.17) is 0 Å². The first-order valence-corrected chi connectivity index (χ1v) is 8.33. The first kappa shape index (κ1) is 18.9. The molecule has 0 saturated heterocycles. The number of nitrogens with one attached hydrogen (secondary N) is 3. The van der Waals surface area contributed by atoms with Crippen LogP contribution in [0, 0.1) is 5.92 Å². The quantitative estimate of drug-likeness (QED) is 0.482. The van der Waals surface area contributed by atoms with Gasteiger partial charge >= 0.3 is 0 Å². The lowest BCUT2D eigenvalue weighted by Crippen LogP contribution is -2.43. The highest BCUT2D eigenvalue weighted by atomic mass is 16.1. The number of unbranched alkanes of at least 4 members (excludes halogenated alkanes) is 1. The molecule has 1 heterocycles. The summed E-state index contributed by atoms with van der Waals surface area (Å²) < 4.78 is 0. The molecule has 6 nitrogen and oxygen atoms in total. The highest BCUT2D eigenvalue weighted by Crippen LogP contribution is 2.10. The molecule has 0 aliphatic rings. The SMILES string of the molecule is CCCCC(CC)CNC(=NC)NCC(=O)Nc1cccnc1. The van der Waals surface area contributed by atoms with Crippen molar-refractivity contribution in [2.24, 2.45) is 10.9 Å². The fourth-order valence-corrected chi connectivity index (χ4v) is 2.21. The lowest BCUT2D eigenvalue weighted by atomic mass is 9.99. The smallest absolute Gasteiger partial charge is 0.243 e. The second kappa shape index (κ2) is 11.5. The van der Waals surface area contributed by atoms with Crippen molar-refractivity contribution in [3.63, 3.8) is 0 Å². The molecule has 1 rings (SSSR count). The molecular weight excluding hydrogens is 290 g/mol. The third-order valence-corrected chi connectivity index (χ3v) is 3.69. The molecule has 23 heavy (non-hydrogen) atoms. The van der Waals surface area contributed by atoms with E-state index in [0.717, 1.165) is 13.0 Å². The standard InChI is InChI=1S/C17H29N5O/c1-4-6-8-14(5-2)11-20-17(18-3)21-13-16(23)22-15-9-7-10-19-12-15/h7,9-10,12,14H,4-6,8,11,13H2,1-3H3,(H,22,23)(H2,18,20,21). The van der Waals surface area contributed by atoms with E-state index in [1.165, 1.54) is 19.3 Å². The summed E-state index contributed by atoms with van der Waals surface area (Å²) in [6.07, 6.45) is 8.12. The number of carbonyl (C=O) groups excluding carboxylic acids is 1. The van der Waals surface area contributed by atoms with Gasteiger partial charge in [-0.05, 0) is 24.5 Å². The van der Waals surface area contributed by atoms with Gasteiger partial charge in [0.1, 0.15) is 0 Å². The maximum Gasteiger partial charge on any atom is 0.243 e. The molecule has 3 N–H and O–H groups in total. The van der Waals surface area contributed by atoms with Gasteiger partial charge in [-0.25, -0.2) is 0 Å². The topological polar surface area (TPSA) is 78.4 Å². The summed E-state index contributed by atoms with van der Waals surface area (Å²) in [4.78, 5) is 20.0. The molecule has 1 unspecified atom stereocenters. The fraction of sp³-hybridized carbons (Fsp3) is 0.588. The van der Waals surface area contributed by atoms with Crippen molar-refractivity contribution in [1.29, 1.82) is 0 Å². The van der Waals surface area contributed by atoms with Crippen LogP contribution in [-0.2, 0) is 4.79 Å². The van der Waals surface area contributed by atoms with Crippen LogP contribution < -0.4 is 16.0 Å². The van der Waals surface area contributed by atoms with Gasteiger partial charge in [-0.3, -0.25) is 14.8 Å². The van der Waals surface area contributed by atoms with Crippen molar-refractivity contribution >= 4 is 17.6 Å². The average Bonchev–Trinajstić information content (AvgIpc) is 2.58. The van der Waals surface area contributed by atoms with E-state index in [1.54, 1.807) is 31.6 Å². The van der Waals surface area contributed by atoms with Gasteiger partial charge in [-0.15, -0.1) is 0 Å². The monoisotopic (exact) mass is 319 g/mol. The number of aromatic nitrogens is 1. The zero-order chi connectivity index (χ0) is 16.9. The Kier molecular flexibility index (Phi) is 9.43. The van der Waals surface area contributed by atoms with E-state index in [1.807, 2.05) is 0 Å². The number of guanidine groups is 1. The van der Waals surface area contributed by atoms with E-state index >= 15 is 0 Å². The first-order valence-electron chi connectivity index (χ1n) is 8.33. The number of hydrogen-bond acceptors (Lipinski definition) is 3. The molecule has 0 radical (unpaired) electrons. The molecule has 0 saturated carbocycles. The lowest BCUT2D eigenvalue weighted by Gasteiger charge is -2.17. The third-order valence-electron chi connectivity index (χ3n) is 3.69. The molecule has 0 aliphatic heterocycles. The maximum absolute atomic E-state index is 11.9. The van der Waals surface area contributed by atoms with E-state index < -0.39 is 0 Å². The minimum absolute atomic E-state index is 0.126. The maximum atomic E-state index is 11.9. The summed E-state index contributed by atoms with van der Waals surface area (Å²) in [5, 5.41) is 9.11. The van der Waals surface area contributed by atoms with Crippen LogP contribution in [-0.4, -0.2) is 37.0 Å². The Balaban J connectivity index is 2.31. The van der Waals surface area contributed by atoms with Crippen LogP contribution in [0.1, 0.15) is 39.5 Å². The number of nitrogens with zero attached hydrogens (tertiary/aromatic N) is 2. The van der Waals surface area contributed by atoms with Crippen molar-refractivity contribution in [3.8, 4) is 0 Å². The van der Waals surface area contributed by atoms with E-state index in [9.17, 15) is 4.79 Å². The fourth-order valence-electron chi connectivity index (χ4n) is 2.21. The second-order valence-electron chi connectivity index (χ2n) is 5.51. The van der Waals surface area contributed by atoms with E-state index in [2.05, 4.69) is 39.8 Å². The Hall–Kier alpha value is -2.11. The van der Waals surface area contributed by atoms with Crippen LogP contribution in [0.3, 0.4) is 0 Å². The molecule has 0 bridgehead atoms. The average molecular weight is 319 g/mol. The molecule has 1 amide bonds. The van der Waals surface area contributed by atoms with Crippen LogP contribution in [0.4, 0.5) is 5.69 Å². The molecular formula is C17H29N5O. The summed E-state index contributed by atoms with van der Waals surface area (Å²) in [7, 11) is 1.71. The van der Waals surface area contributed by atoms with E-state index in [0.29, 0.717) is 17.6 Å². The molecule has 6 heteroatoms. The Labute approximate surface area is 139 Å². The van der Waals surface area contributed by atoms with Gasteiger partial charge < -0.3 is 16.0 Å². The first-order chi connectivity index (χ1) is 11.2. The number of amides is 1. The van der Waals surface area contributed by atoms with Crippen LogP contribution >= 0.6 is 0 Å². The summed E-state index contributed by atoms with van der Waals surface area (Å²) in [6, 6.07) is 3.59. The van der Waals surface area contributed by atoms with Gasteiger partial charge in [0, 0.05) is 19.8 Å². The van der Waals surface area contributed by atoms with Gasteiger partial charge in [-0.1, -0.05) is 33.1 Å². The summed E-state index contributed by atoms with van der Waals surface area (Å²) >= 11 is 0. The molecule has 128 valence electrons. The highest BCUT2D eigenvalue weighted by Gasteiger charge is 2.08. The summed E-state index contributed by atoms with van der Waals surface area (Å²) in [5.41, 5.74) is 0.688. The third kappa shape index (κ3) is 8.18. The normalized spacial score (nSPS) is 12.6. The predicted octanol–water partition coefficient (Wildman–Crippen LogP) is 2.40. The van der Waals surface area contributed by atoms with Crippen molar-refractivity contribution in [3.05, 3.63) is 24.5 Å². The van der Waals surface area contributed by atoms with Crippen LogP contribution in [0.5, 0.6) is 0 Å². The van der Waals surface area contributed by atoms with Gasteiger partial charge in [0.25, 0.3) is 0 Å². The van der Waals surface area contributed by atoms with Gasteiger partial charge in [0.05, 0.1) is 18.4 Å². The van der Waals surface area contributed by atoms with Crippen molar-refractivity contribution in [2.75, 3.05) is 25.5 Å². The highest BCUT2D eigenvalue weighted by molar-refractivity contribution is 5.94. The number of anilines is 1. The van der Waals surface area contributed by atoms with Gasteiger partial charge in [0.2, 0.25) is 5.91 Å². The molecule has 1 aromatic heterocycles. The minimum atomic E-state index is -0.126. The number of pyridine rings is 1. The number of rotatable bonds is 9. The number of hydrogen-bond donors (Lipinski definition) is 3. The Bertz CT molecular complexity index is 475. The Morgan fingerprint density at radius 2 is 2.17 bits per heavy atom. The van der Waals surface area contributed by atoms with Crippen molar-refractivity contribution < 1.29 is 4.79 Å². The van der Waals surface area contributed by atoms with Crippen molar-refractivity contribution in [1.82, 2.24) is 15.6 Å². The molecule has 0 aliphatic carbocycles. The van der Waals surface area contributed by atoms with Gasteiger partial charge in [0.15, 0.2) is 5.96 Å². The summed E-state index contributed by atoms with van der Waals surface area (Å²) in [5.74, 6) is 1.16. The molecule has 0 fully saturated rings. The lowest BCUT2D eigenvalue weighted by molar-refractivity contribution is -0.115. The largest absolute Gasteiger partial charge is 0.356 e. The minimum Gasteiger partial charge on any atom is -0.356 e. The second-order valence-corrected chi connectivity index (χ2v) is 5.51. The van der Waals surface area contributed by atoms with Crippen LogP contribution in [0.15, 0.2) is 29.5 Å². The van der Waals surface area contributed by atoms with Crippen molar-refractivity contribution in [2.45, 2.75) is 39.5 Å². The molecule has 0 aromatic carbocycles. The Morgan fingerprint density at radius 1 is 1.35 bits per heavy atom. The van der Waals surface area contributed by atoms with Crippen LogP contribution in [0.25, 0.3) is 0 Å². The zero-order valence-electron chi connectivity index (χ0n) is 14.4. The summed E-state index contributed by atoms with van der Waals surface area (Å²) in [6.45, 7) is 5.46. The molecule has 1 atom stereocenters. The number of carbonyl (C=O) groups is 1. The molecule has 0 spiro atoms. The predicted molar refractivity (Wildman–Crippen MR) is 95.5 cm³/mol.